The number of hydrogen-bond donors (Lipinski definition) is 2. The molecule has 1 atom stereocenters. The minimum atomic E-state index is -2.37. The molecule has 3 rings (SSSR count). The van der Waals surface area contributed by atoms with Crippen LogP contribution in [0.25, 0.3) is 21.9 Å². The molecule has 1 heterocycles. The number of nitrogens with zero attached hydrogens (tertiary/aromatic N) is 1. The van der Waals surface area contributed by atoms with Crippen LogP contribution in [0.2, 0.25) is 0 Å². The Morgan fingerprint density at radius 1 is 1.25 bits per heavy atom. The molecule has 0 spiro atoms. The Kier molecular flexibility index (Phi) is 6.18. The second-order valence-corrected chi connectivity index (χ2v) is 6.89. The Hall–Kier alpha value is -2.62. The average Bonchev–Trinajstić information content (AvgIpc) is 2.66. The van der Waals surface area contributed by atoms with E-state index in [4.69, 9.17) is 10.5 Å². The van der Waals surface area contributed by atoms with Crippen molar-refractivity contribution in [3.05, 3.63) is 53.7 Å². The zero-order valence-corrected chi connectivity index (χ0v) is 15.8. The third-order valence-corrected chi connectivity index (χ3v) is 4.78. The highest BCUT2D eigenvalue weighted by Crippen LogP contribution is 2.38. The molecule has 0 bridgehead atoms. The number of pyridine rings is 1. The Bertz CT molecular complexity index is 1050. The summed E-state index contributed by atoms with van der Waals surface area (Å²) in [5, 5.41) is 1.40. The second-order valence-electron chi connectivity index (χ2n) is 6.14. The van der Waals surface area contributed by atoms with Gasteiger partial charge in [0.25, 0.3) is 0 Å². The zero-order chi connectivity index (χ0) is 20.3. The van der Waals surface area contributed by atoms with Crippen LogP contribution in [-0.4, -0.2) is 27.4 Å². The average molecular weight is 406 g/mol. The van der Waals surface area contributed by atoms with Crippen molar-refractivity contribution in [2.24, 2.45) is 0 Å². The maximum atomic E-state index is 15.1. The summed E-state index contributed by atoms with van der Waals surface area (Å²) in [6.07, 6.45) is 2.15. The first-order valence-electron chi connectivity index (χ1n) is 8.44. The molecule has 0 aliphatic heterocycles. The van der Waals surface area contributed by atoms with Crippen LogP contribution in [0.15, 0.2) is 36.5 Å². The number of nitrogens with one attached hydrogen (secondary N) is 1. The third-order valence-electron chi connectivity index (χ3n) is 4.34. The van der Waals surface area contributed by atoms with Crippen molar-refractivity contribution >= 4 is 27.9 Å². The Balaban J connectivity index is 2.03. The molecule has 6 nitrogen and oxygen atoms in total. The second kappa shape index (κ2) is 8.59. The smallest absolute Gasteiger partial charge is 0.137 e. The molecule has 1 aromatic heterocycles. The maximum Gasteiger partial charge on any atom is 0.137 e. The third kappa shape index (κ3) is 4.27. The minimum Gasteiger partial charge on any atom is -0.760 e. The number of rotatable bonds is 7. The van der Waals surface area contributed by atoms with Gasteiger partial charge in [0, 0.05) is 35.0 Å². The molecule has 9 heteroatoms. The van der Waals surface area contributed by atoms with Crippen molar-refractivity contribution in [3.63, 3.8) is 0 Å². The number of ether oxygens (including phenoxy) is 1. The van der Waals surface area contributed by atoms with Gasteiger partial charge in [-0.3, -0.25) is 4.21 Å². The van der Waals surface area contributed by atoms with Crippen molar-refractivity contribution in [1.29, 1.82) is 0 Å². The topological polar surface area (TPSA) is 100 Å². The molecule has 0 aliphatic rings. The van der Waals surface area contributed by atoms with Crippen LogP contribution in [-0.2, 0) is 17.7 Å². The molecule has 3 N–H and O–H groups in total. The monoisotopic (exact) mass is 406 g/mol. The lowest BCUT2D eigenvalue weighted by Crippen LogP contribution is -2.18. The minimum absolute atomic E-state index is 0.161. The van der Waals surface area contributed by atoms with Gasteiger partial charge in [-0.15, -0.1) is 0 Å². The highest BCUT2D eigenvalue weighted by Gasteiger charge is 2.19. The Morgan fingerprint density at radius 3 is 2.75 bits per heavy atom. The van der Waals surface area contributed by atoms with Gasteiger partial charge in [0.2, 0.25) is 0 Å². The van der Waals surface area contributed by atoms with Gasteiger partial charge in [0.15, 0.2) is 0 Å². The number of nitrogens with two attached hydrogens (primary N) is 1. The lowest BCUT2D eigenvalue weighted by molar-refractivity contribution is 0.416. The number of aryl methyl sites for hydroxylation is 1. The van der Waals surface area contributed by atoms with E-state index in [1.165, 1.54) is 25.4 Å². The summed E-state index contributed by atoms with van der Waals surface area (Å²) in [4.78, 5) is 4.02. The number of anilines is 1. The van der Waals surface area contributed by atoms with Crippen LogP contribution < -0.4 is 15.2 Å². The quantitative estimate of drug-likeness (QED) is 0.464. The molecule has 3 aromatic rings. The number of methoxy groups -OCH3 is 1. The molecule has 0 aliphatic carbocycles. The van der Waals surface area contributed by atoms with E-state index in [2.05, 4.69) is 9.71 Å². The fourth-order valence-corrected chi connectivity index (χ4v) is 3.33. The number of aromatic nitrogens is 1. The summed E-state index contributed by atoms with van der Waals surface area (Å²) in [6.45, 7) is 0.161. The number of fused-ring (bicyclic) bond motifs is 1. The maximum absolute atomic E-state index is 15.1. The number of nitrogen functional groups attached to an aromatic ring is 1. The van der Waals surface area contributed by atoms with E-state index < -0.39 is 22.9 Å². The van der Waals surface area contributed by atoms with E-state index in [1.54, 1.807) is 18.2 Å². The van der Waals surface area contributed by atoms with Gasteiger partial charge in [-0.25, -0.2) is 18.5 Å². The number of hydrogen-bond acceptors (Lipinski definition) is 5. The van der Waals surface area contributed by atoms with Crippen molar-refractivity contribution in [3.8, 4) is 16.9 Å². The van der Waals surface area contributed by atoms with Gasteiger partial charge < -0.3 is 15.0 Å². The molecular formula is C19H18F2N3O3S-. The SMILES string of the molecule is COc1cc2cc(N)ncc2cc1-c1c(F)ccc(CCCNS(=O)[O-])c1F. The predicted octanol–water partition coefficient (Wildman–Crippen LogP) is 3.09. The molecule has 0 saturated carbocycles. The van der Waals surface area contributed by atoms with E-state index in [0.717, 1.165) is 5.39 Å². The normalized spacial score (nSPS) is 12.3. The molecule has 1 unspecified atom stereocenters. The van der Waals surface area contributed by atoms with Crippen LogP contribution in [0, 0.1) is 11.6 Å². The molecule has 0 saturated heterocycles. The molecule has 28 heavy (non-hydrogen) atoms. The standard InChI is InChI=1S/C19H19F2N3O3S/c1-27-16-8-12-9-17(22)23-10-13(12)7-14(16)18-15(20)5-4-11(19(18)21)3-2-6-24-28(25)26/h4-5,7-10,24H,2-3,6H2,1H3,(H2,22,23)(H,25,26)/p-1. The molecule has 2 aromatic carbocycles. The number of benzene rings is 2. The summed E-state index contributed by atoms with van der Waals surface area (Å²) in [7, 11) is 1.42. The highest BCUT2D eigenvalue weighted by molar-refractivity contribution is 7.77. The summed E-state index contributed by atoms with van der Waals surface area (Å²) < 4.78 is 58.2. The Morgan fingerprint density at radius 2 is 2.04 bits per heavy atom. The van der Waals surface area contributed by atoms with Gasteiger partial charge in [-0.05, 0) is 48.1 Å². The van der Waals surface area contributed by atoms with Crippen LogP contribution in [0.3, 0.4) is 0 Å². The molecule has 0 fully saturated rings. The molecular weight excluding hydrogens is 388 g/mol. The molecule has 0 amide bonds. The van der Waals surface area contributed by atoms with E-state index in [0.29, 0.717) is 23.4 Å². The van der Waals surface area contributed by atoms with E-state index >= 15 is 4.39 Å². The highest BCUT2D eigenvalue weighted by atomic mass is 32.2. The van der Waals surface area contributed by atoms with Crippen molar-refractivity contribution in [1.82, 2.24) is 9.71 Å². The van der Waals surface area contributed by atoms with Crippen LogP contribution in [0.1, 0.15) is 12.0 Å². The lowest BCUT2D eigenvalue weighted by Gasteiger charge is -2.15. The number of halogens is 2. The van der Waals surface area contributed by atoms with Crippen molar-refractivity contribution < 1.29 is 22.3 Å². The van der Waals surface area contributed by atoms with Gasteiger partial charge in [0.1, 0.15) is 23.2 Å². The van der Waals surface area contributed by atoms with Crippen LogP contribution >= 0.6 is 0 Å². The fraction of sp³-hybridized carbons (Fsp3) is 0.211. The van der Waals surface area contributed by atoms with E-state index in [1.807, 2.05) is 0 Å². The Labute approximate surface area is 163 Å². The first kappa shape index (κ1) is 20.1. The zero-order valence-electron chi connectivity index (χ0n) is 15.0. The van der Waals surface area contributed by atoms with Crippen LogP contribution in [0.4, 0.5) is 14.6 Å². The van der Waals surface area contributed by atoms with E-state index in [-0.39, 0.29) is 29.7 Å². The van der Waals surface area contributed by atoms with Crippen molar-refractivity contribution in [2.75, 3.05) is 19.4 Å². The predicted molar refractivity (Wildman–Crippen MR) is 103 cm³/mol. The van der Waals surface area contributed by atoms with E-state index in [9.17, 15) is 13.2 Å². The van der Waals surface area contributed by atoms with Crippen molar-refractivity contribution in [2.45, 2.75) is 12.8 Å². The molecule has 148 valence electrons. The van der Waals surface area contributed by atoms with Gasteiger partial charge in [0.05, 0.1) is 12.7 Å². The van der Waals surface area contributed by atoms with Crippen LogP contribution in [0.5, 0.6) is 5.75 Å². The summed E-state index contributed by atoms with van der Waals surface area (Å²) in [5.41, 5.74) is 6.04. The lowest BCUT2D eigenvalue weighted by atomic mass is 9.96. The fourth-order valence-electron chi connectivity index (χ4n) is 3.02. The first-order valence-corrected chi connectivity index (χ1v) is 9.51. The summed E-state index contributed by atoms with van der Waals surface area (Å²) >= 11 is -2.37. The summed E-state index contributed by atoms with van der Waals surface area (Å²) in [5.74, 6) is -0.795. The first-order chi connectivity index (χ1) is 13.4. The van der Waals surface area contributed by atoms with Gasteiger partial charge in [-0.1, -0.05) is 6.07 Å². The van der Waals surface area contributed by atoms with Gasteiger partial charge >= 0.3 is 0 Å². The molecule has 0 radical (unpaired) electrons. The summed E-state index contributed by atoms with van der Waals surface area (Å²) in [6, 6.07) is 7.46. The van der Waals surface area contributed by atoms with Gasteiger partial charge in [-0.2, -0.15) is 0 Å². The largest absolute Gasteiger partial charge is 0.760 e.